The number of para-hydroxylation sites is 2. The van der Waals surface area contributed by atoms with E-state index in [0.29, 0.717) is 17.4 Å². The molecule has 0 aliphatic heterocycles. The van der Waals surface area contributed by atoms with Crippen LogP contribution in [0.3, 0.4) is 0 Å². The van der Waals surface area contributed by atoms with E-state index in [1.807, 2.05) is 78.9 Å². The maximum atomic E-state index is 6.36. The summed E-state index contributed by atoms with van der Waals surface area (Å²) in [6.07, 6.45) is 0.920. The van der Waals surface area contributed by atoms with Gasteiger partial charge < -0.3 is 15.2 Å². The SMILES string of the molecule is CC(C)C[C@H](N)c1ccc(Oc2ccccc2)c(Oc2ccccc2)c1.Cl. The summed E-state index contributed by atoms with van der Waals surface area (Å²) < 4.78 is 12.1. The van der Waals surface area contributed by atoms with Crippen molar-refractivity contribution in [2.24, 2.45) is 11.7 Å². The van der Waals surface area contributed by atoms with Gasteiger partial charge in [-0.2, -0.15) is 0 Å². The van der Waals surface area contributed by atoms with Crippen molar-refractivity contribution >= 4 is 12.4 Å². The quantitative estimate of drug-likeness (QED) is 0.491. The summed E-state index contributed by atoms with van der Waals surface area (Å²) in [5, 5.41) is 0. The van der Waals surface area contributed by atoms with Crippen LogP contribution in [0, 0.1) is 5.92 Å². The molecule has 0 amide bonds. The lowest BCUT2D eigenvalue weighted by Crippen LogP contribution is -2.13. The summed E-state index contributed by atoms with van der Waals surface area (Å²) in [7, 11) is 0. The number of ether oxygens (including phenoxy) is 2. The molecule has 0 bridgehead atoms. The van der Waals surface area contributed by atoms with Gasteiger partial charge in [0, 0.05) is 6.04 Å². The Morgan fingerprint density at radius 2 is 1.26 bits per heavy atom. The normalized spacial score (nSPS) is 11.6. The van der Waals surface area contributed by atoms with Gasteiger partial charge in [-0.1, -0.05) is 56.3 Å². The molecule has 1 atom stereocenters. The Balaban J connectivity index is 0.00000261. The number of benzene rings is 3. The fraction of sp³-hybridized carbons (Fsp3) is 0.217. The summed E-state index contributed by atoms with van der Waals surface area (Å²) in [5.74, 6) is 3.39. The van der Waals surface area contributed by atoms with Crippen LogP contribution in [0.1, 0.15) is 31.9 Å². The number of hydrogen-bond donors (Lipinski definition) is 1. The first kappa shape index (κ1) is 20.8. The molecule has 2 N–H and O–H groups in total. The highest BCUT2D eigenvalue weighted by atomic mass is 35.5. The number of hydrogen-bond acceptors (Lipinski definition) is 3. The minimum Gasteiger partial charge on any atom is -0.453 e. The van der Waals surface area contributed by atoms with Gasteiger partial charge in [0.05, 0.1) is 0 Å². The van der Waals surface area contributed by atoms with Crippen LogP contribution >= 0.6 is 12.4 Å². The van der Waals surface area contributed by atoms with Crippen molar-refractivity contribution in [2.45, 2.75) is 26.3 Å². The minimum absolute atomic E-state index is 0. The van der Waals surface area contributed by atoms with Crippen LogP contribution in [-0.2, 0) is 0 Å². The minimum atomic E-state index is -0.0288. The lowest BCUT2D eigenvalue weighted by Gasteiger charge is -2.18. The van der Waals surface area contributed by atoms with Gasteiger partial charge in [-0.05, 0) is 54.3 Å². The zero-order valence-corrected chi connectivity index (χ0v) is 16.5. The summed E-state index contributed by atoms with van der Waals surface area (Å²) in [5.41, 5.74) is 7.41. The van der Waals surface area contributed by atoms with E-state index in [-0.39, 0.29) is 18.4 Å². The first-order chi connectivity index (χ1) is 12.6. The van der Waals surface area contributed by atoms with E-state index in [1.54, 1.807) is 0 Å². The van der Waals surface area contributed by atoms with Gasteiger partial charge in [0.25, 0.3) is 0 Å². The third-order valence-electron chi connectivity index (χ3n) is 4.06. The predicted molar refractivity (Wildman–Crippen MR) is 113 cm³/mol. The number of rotatable bonds is 7. The second kappa shape index (κ2) is 10.0. The number of nitrogens with two attached hydrogens (primary N) is 1. The maximum absolute atomic E-state index is 6.36. The Kier molecular flexibility index (Phi) is 7.71. The molecule has 27 heavy (non-hydrogen) atoms. The van der Waals surface area contributed by atoms with E-state index >= 15 is 0 Å². The van der Waals surface area contributed by atoms with Gasteiger partial charge in [0.15, 0.2) is 11.5 Å². The Morgan fingerprint density at radius 3 is 1.78 bits per heavy atom. The van der Waals surface area contributed by atoms with Crippen LogP contribution in [0.4, 0.5) is 0 Å². The molecule has 0 saturated carbocycles. The average Bonchev–Trinajstić information content (AvgIpc) is 2.64. The molecular weight excluding hydrogens is 358 g/mol. The van der Waals surface area contributed by atoms with Crippen LogP contribution in [0.2, 0.25) is 0 Å². The topological polar surface area (TPSA) is 44.5 Å². The van der Waals surface area contributed by atoms with Crippen molar-refractivity contribution in [1.82, 2.24) is 0 Å². The smallest absolute Gasteiger partial charge is 0.170 e. The zero-order chi connectivity index (χ0) is 18.4. The third kappa shape index (κ3) is 6.02. The van der Waals surface area contributed by atoms with Gasteiger partial charge in [-0.25, -0.2) is 0 Å². The maximum Gasteiger partial charge on any atom is 0.170 e. The second-order valence-electron chi connectivity index (χ2n) is 6.77. The molecule has 0 unspecified atom stereocenters. The van der Waals surface area contributed by atoms with Crippen LogP contribution in [-0.4, -0.2) is 0 Å². The van der Waals surface area contributed by atoms with E-state index in [1.165, 1.54) is 0 Å². The molecule has 0 saturated heterocycles. The monoisotopic (exact) mass is 383 g/mol. The van der Waals surface area contributed by atoms with Gasteiger partial charge in [-0.3, -0.25) is 0 Å². The van der Waals surface area contributed by atoms with Crippen LogP contribution < -0.4 is 15.2 Å². The average molecular weight is 384 g/mol. The molecule has 0 fully saturated rings. The van der Waals surface area contributed by atoms with E-state index in [4.69, 9.17) is 15.2 Å². The van der Waals surface area contributed by atoms with Crippen molar-refractivity contribution in [2.75, 3.05) is 0 Å². The molecule has 0 spiro atoms. The van der Waals surface area contributed by atoms with Gasteiger partial charge in [0.1, 0.15) is 11.5 Å². The van der Waals surface area contributed by atoms with Crippen molar-refractivity contribution in [3.8, 4) is 23.0 Å². The molecule has 0 aliphatic rings. The highest BCUT2D eigenvalue weighted by molar-refractivity contribution is 5.85. The molecule has 0 aliphatic carbocycles. The molecule has 0 heterocycles. The molecule has 3 rings (SSSR count). The highest BCUT2D eigenvalue weighted by Gasteiger charge is 2.14. The largest absolute Gasteiger partial charge is 0.453 e. The molecule has 142 valence electrons. The fourth-order valence-electron chi connectivity index (χ4n) is 2.79. The second-order valence-corrected chi connectivity index (χ2v) is 6.77. The van der Waals surface area contributed by atoms with Crippen molar-refractivity contribution in [3.05, 3.63) is 84.4 Å². The van der Waals surface area contributed by atoms with Gasteiger partial charge in [-0.15, -0.1) is 12.4 Å². The molecule has 3 aromatic carbocycles. The molecule has 3 aromatic rings. The lowest BCUT2D eigenvalue weighted by molar-refractivity contribution is 0.416. The third-order valence-corrected chi connectivity index (χ3v) is 4.06. The van der Waals surface area contributed by atoms with Gasteiger partial charge >= 0.3 is 0 Å². The first-order valence-electron chi connectivity index (χ1n) is 8.97. The van der Waals surface area contributed by atoms with Crippen molar-refractivity contribution in [1.29, 1.82) is 0 Å². The molecule has 4 heteroatoms. The summed E-state index contributed by atoms with van der Waals surface area (Å²) in [4.78, 5) is 0. The van der Waals surface area contributed by atoms with Crippen LogP contribution in [0.15, 0.2) is 78.9 Å². The Labute approximate surface area is 167 Å². The van der Waals surface area contributed by atoms with E-state index in [2.05, 4.69) is 13.8 Å². The number of halogens is 1. The summed E-state index contributed by atoms with van der Waals surface area (Å²) in [6, 6.07) is 25.3. The standard InChI is InChI=1S/C23H25NO2.ClH/c1-17(2)15-21(24)18-13-14-22(25-19-9-5-3-6-10-19)23(16-18)26-20-11-7-4-8-12-20;/h3-14,16-17,21H,15,24H2,1-2H3;1H/t21-;/m0./s1. The molecular formula is C23H26ClNO2. The summed E-state index contributed by atoms with van der Waals surface area (Å²) in [6.45, 7) is 4.35. The van der Waals surface area contributed by atoms with Gasteiger partial charge in [0.2, 0.25) is 0 Å². The predicted octanol–water partition coefficient (Wildman–Crippen LogP) is 6.74. The van der Waals surface area contributed by atoms with Crippen LogP contribution in [0.5, 0.6) is 23.0 Å². The Bertz CT molecular complexity index is 822. The van der Waals surface area contributed by atoms with E-state index in [9.17, 15) is 0 Å². The molecule has 0 radical (unpaired) electrons. The fourth-order valence-corrected chi connectivity index (χ4v) is 2.79. The summed E-state index contributed by atoms with van der Waals surface area (Å²) >= 11 is 0. The van der Waals surface area contributed by atoms with Crippen LogP contribution in [0.25, 0.3) is 0 Å². The van der Waals surface area contributed by atoms with Crippen molar-refractivity contribution < 1.29 is 9.47 Å². The lowest BCUT2D eigenvalue weighted by atomic mass is 9.97. The molecule has 3 nitrogen and oxygen atoms in total. The highest BCUT2D eigenvalue weighted by Crippen LogP contribution is 2.37. The Morgan fingerprint density at radius 1 is 0.741 bits per heavy atom. The molecule has 0 aromatic heterocycles. The van der Waals surface area contributed by atoms with Crippen molar-refractivity contribution in [3.63, 3.8) is 0 Å². The first-order valence-corrected chi connectivity index (χ1v) is 8.97. The van der Waals surface area contributed by atoms with E-state index in [0.717, 1.165) is 23.5 Å². The van der Waals surface area contributed by atoms with E-state index < -0.39 is 0 Å². The zero-order valence-electron chi connectivity index (χ0n) is 15.7. The Hall–Kier alpha value is -2.49.